The molecule has 0 bridgehead atoms. The van der Waals surface area contributed by atoms with Gasteiger partial charge in [-0.3, -0.25) is 0 Å². The van der Waals surface area contributed by atoms with E-state index in [1.165, 1.54) is 60.7 Å². The lowest BCUT2D eigenvalue weighted by Crippen LogP contribution is -2.51. The molecule has 34 heavy (non-hydrogen) atoms. The molecule has 0 saturated heterocycles. The second-order valence-electron chi connectivity index (χ2n) is 13.1. The third kappa shape index (κ3) is 5.30. The molecule has 4 aliphatic rings. The molecule has 8 atom stereocenters. The first-order chi connectivity index (χ1) is 15.8. The number of fused-ring (bicyclic) bond motifs is 5. The molecule has 0 aromatic carbocycles. The maximum absolute atomic E-state index is 11.8. The summed E-state index contributed by atoms with van der Waals surface area (Å²) < 4.78 is 33.5. The van der Waals surface area contributed by atoms with E-state index in [0.29, 0.717) is 23.7 Å². The molecule has 0 heterocycles. The molecule has 4 rings (SSSR count). The zero-order valence-electron chi connectivity index (χ0n) is 21.7. The van der Waals surface area contributed by atoms with Gasteiger partial charge in [0.05, 0.1) is 11.7 Å². The van der Waals surface area contributed by atoms with E-state index in [0.717, 1.165) is 49.9 Å². The topological polar surface area (TPSA) is 72.8 Å². The quantitative estimate of drug-likeness (QED) is 0.234. The summed E-state index contributed by atoms with van der Waals surface area (Å²) in [7, 11) is -3.90. The monoisotopic (exact) mass is 608 g/mol. The zero-order valence-corrected chi connectivity index (χ0v) is 24.7. The molecule has 0 amide bonds. The SMILES string of the molecule is CC(CCCC(C)(C)O)C1CCC2C3CC=C4CC(OS(=O)(=O)OI)CCC4(C)C3CCC12C. The van der Waals surface area contributed by atoms with E-state index >= 15 is 0 Å². The third-order valence-electron chi connectivity index (χ3n) is 10.6. The van der Waals surface area contributed by atoms with Gasteiger partial charge in [-0.2, -0.15) is 10.9 Å². The number of hydrogen-bond acceptors (Lipinski definition) is 5. The second-order valence-corrected chi connectivity index (χ2v) is 15.3. The number of hydrogen-bond donors (Lipinski definition) is 1. The Balaban J connectivity index is 1.45. The Labute approximate surface area is 221 Å². The summed E-state index contributed by atoms with van der Waals surface area (Å²) in [4.78, 5) is 0. The highest BCUT2D eigenvalue weighted by Gasteiger charge is 2.59. The van der Waals surface area contributed by atoms with Gasteiger partial charge in [0.1, 0.15) is 23.0 Å². The van der Waals surface area contributed by atoms with Crippen molar-refractivity contribution in [2.45, 2.75) is 117 Å². The molecule has 1 N–H and O–H groups in total. The average molecular weight is 609 g/mol. The Morgan fingerprint density at radius 1 is 1.18 bits per heavy atom. The third-order valence-corrected chi connectivity index (χ3v) is 12.6. The first kappa shape index (κ1) is 27.3. The van der Waals surface area contributed by atoms with E-state index in [-0.39, 0.29) is 11.5 Å². The summed E-state index contributed by atoms with van der Waals surface area (Å²) in [6.45, 7) is 11.4. The fraction of sp³-hybridized carbons (Fsp3) is 0.926. The van der Waals surface area contributed by atoms with E-state index in [9.17, 15) is 13.5 Å². The predicted molar refractivity (Wildman–Crippen MR) is 143 cm³/mol. The molecule has 0 aromatic heterocycles. The maximum Gasteiger partial charge on any atom is 0.409 e. The van der Waals surface area contributed by atoms with Crippen LogP contribution in [0.25, 0.3) is 0 Å². The van der Waals surface area contributed by atoms with Gasteiger partial charge in [-0.25, -0.2) is 4.18 Å². The van der Waals surface area contributed by atoms with Gasteiger partial charge in [-0.05, 0) is 112 Å². The second kappa shape index (κ2) is 9.88. The molecule has 3 fully saturated rings. The van der Waals surface area contributed by atoms with Crippen LogP contribution in [-0.2, 0) is 17.1 Å². The molecule has 8 unspecified atom stereocenters. The minimum absolute atomic E-state index is 0.176. The first-order valence-corrected chi connectivity index (χ1v) is 15.7. The van der Waals surface area contributed by atoms with E-state index in [2.05, 4.69) is 29.4 Å². The molecule has 4 aliphatic carbocycles. The molecule has 3 saturated carbocycles. The largest absolute Gasteiger partial charge is 0.409 e. The number of rotatable bonds is 8. The van der Waals surface area contributed by atoms with Gasteiger partial charge < -0.3 is 5.11 Å². The number of aliphatic hydroxyl groups is 1. The molecule has 7 heteroatoms. The Bertz CT molecular complexity index is 880. The highest BCUT2D eigenvalue weighted by molar-refractivity contribution is 14.1. The van der Waals surface area contributed by atoms with Gasteiger partial charge in [0.15, 0.2) is 0 Å². The lowest BCUT2D eigenvalue weighted by Gasteiger charge is -2.58. The molecule has 0 spiro atoms. The highest BCUT2D eigenvalue weighted by atomic mass is 127. The van der Waals surface area contributed by atoms with Gasteiger partial charge in [0, 0.05) is 0 Å². The standard InChI is InChI=1S/C27H45IO5S/c1-18(7-6-14-25(2,3)29)22-10-11-23-21-9-8-19-17-20(32-34(30,31)33-28)12-15-26(19,4)24(21)13-16-27(22,23)5/h8,18,20-24,29H,6-7,9-17H2,1-5H3. The van der Waals surface area contributed by atoms with Crippen LogP contribution in [0.4, 0.5) is 0 Å². The summed E-state index contributed by atoms with van der Waals surface area (Å²) in [5, 5.41) is 10.1. The van der Waals surface area contributed by atoms with E-state index in [4.69, 9.17) is 4.18 Å². The van der Waals surface area contributed by atoms with Gasteiger partial charge in [0.25, 0.3) is 0 Å². The maximum atomic E-state index is 11.8. The van der Waals surface area contributed by atoms with Crippen LogP contribution >= 0.6 is 23.0 Å². The Hall–Kier alpha value is 0.300. The summed E-state index contributed by atoms with van der Waals surface area (Å²) in [5.41, 5.74) is 1.48. The fourth-order valence-electron chi connectivity index (χ4n) is 8.92. The van der Waals surface area contributed by atoms with Gasteiger partial charge >= 0.3 is 10.4 Å². The van der Waals surface area contributed by atoms with Crippen LogP contribution in [0.15, 0.2) is 11.6 Å². The first-order valence-electron chi connectivity index (χ1n) is 13.4. The van der Waals surface area contributed by atoms with Crippen molar-refractivity contribution in [3.05, 3.63) is 11.6 Å². The van der Waals surface area contributed by atoms with Crippen LogP contribution in [0.1, 0.15) is 105 Å². The normalized spacial score (nSPS) is 41.3. The van der Waals surface area contributed by atoms with Crippen LogP contribution in [0.2, 0.25) is 0 Å². The van der Waals surface area contributed by atoms with Crippen molar-refractivity contribution >= 4 is 33.4 Å². The molecular formula is C27H45IO5S. The van der Waals surface area contributed by atoms with E-state index in [1.807, 2.05) is 13.8 Å². The number of halogens is 1. The molecular weight excluding hydrogens is 563 g/mol. The average Bonchev–Trinajstić information content (AvgIpc) is 3.10. The molecule has 0 radical (unpaired) electrons. The predicted octanol–water partition coefficient (Wildman–Crippen LogP) is 7.14. The van der Waals surface area contributed by atoms with Crippen molar-refractivity contribution in [1.29, 1.82) is 0 Å². The van der Waals surface area contributed by atoms with Crippen molar-refractivity contribution < 1.29 is 20.2 Å². The molecule has 0 aliphatic heterocycles. The minimum atomic E-state index is -3.90. The van der Waals surface area contributed by atoms with E-state index in [1.54, 1.807) is 0 Å². The van der Waals surface area contributed by atoms with Crippen molar-refractivity contribution in [1.82, 2.24) is 0 Å². The van der Waals surface area contributed by atoms with Gasteiger partial charge in [-0.15, -0.1) is 0 Å². The van der Waals surface area contributed by atoms with Crippen LogP contribution in [0, 0.1) is 40.4 Å². The molecule has 0 aromatic rings. The highest BCUT2D eigenvalue weighted by Crippen LogP contribution is 2.67. The van der Waals surface area contributed by atoms with Crippen LogP contribution < -0.4 is 0 Å². The van der Waals surface area contributed by atoms with Crippen molar-refractivity contribution in [2.24, 2.45) is 40.4 Å². The number of allylic oxidation sites excluding steroid dienone is 1. The Morgan fingerprint density at radius 3 is 2.59 bits per heavy atom. The van der Waals surface area contributed by atoms with Crippen molar-refractivity contribution in [3.8, 4) is 0 Å². The Kier molecular flexibility index (Phi) is 7.94. The van der Waals surface area contributed by atoms with Crippen LogP contribution in [-0.4, -0.2) is 25.2 Å². The fourth-order valence-corrected chi connectivity index (χ4v) is 9.71. The van der Waals surface area contributed by atoms with Crippen LogP contribution in [0.5, 0.6) is 0 Å². The smallest absolute Gasteiger partial charge is 0.390 e. The summed E-state index contributed by atoms with van der Waals surface area (Å²) >= 11 is 1.38. The summed E-state index contributed by atoms with van der Waals surface area (Å²) in [6.07, 6.45) is 14.3. The molecule has 196 valence electrons. The van der Waals surface area contributed by atoms with Gasteiger partial charge in [0.2, 0.25) is 0 Å². The van der Waals surface area contributed by atoms with E-state index < -0.39 is 16.0 Å². The lowest BCUT2D eigenvalue weighted by molar-refractivity contribution is -0.0561. The zero-order chi connectivity index (χ0) is 24.9. The van der Waals surface area contributed by atoms with Gasteiger partial charge in [-0.1, -0.05) is 45.3 Å². The van der Waals surface area contributed by atoms with Crippen LogP contribution in [0.3, 0.4) is 0 Å². The van der Waals surface area contributed by atoms with Crippen molar-refractivity contribution in [2.75, 3.05) is 0 Å². The lowest BCUT2D eigenvalue weighted by atomic mass is 9.47. The van der Waals surface area contributed by atoms with Crippen molar-refractivity contribution in [3.63, 3.8) is 0 Å². The summed E-state index contributed by atoms with van der Waals surface area (Å²) in [5.74, 6) is 3.76. The minimum Gasteiger partial charge on any atom is -0.390 e. The summed E-state index contributed by atoms with van der Waals surface area (Å²) in [6, 6.07) is 0. The Morgan fingerprint density at radius 2 is 1.91 bits per heavy atom. The molecule has 5 nitrogen and oxygen atoms in total.